The molecule has 0 amide bonds. The third-order valence-corrected chi connectivity index (χ3v) is 2.34. The average Bonchev–Trinajstić information content (AvgIpc) is 2.28. The van der Waals surface area contributed by atoms with Gasteiger partial charge in [0.2, 0.25) is 0 Å². The Morgan fingerprint density at radius 3 is 2.38 bits per heavy atom. The normalized spacial score (nSPS) is 9.31. The average molecular weight is 239 g/mol. The van der Waals surface area contributed by atoms with E-state index in [1.54, 1.807) is 0 Å². The van der Waals surface area contributed by atoms with E-state index in [0.29, 0.717) is 6.61 Å². The van der Waals surface area contributed by atoms with Crippen LogP contribution in [0.1, 0.15) is 5.56 Å². The van der Waals surface area contributed by atoms with Crippen molar-refractivity contribution in [1.82, 2.24) is 0 Å². The fourth-order valence-electron chi connectivity index (χ4n) is 1.31. The van der Waals surface area contributed by atoms with Gasteiger partial charge in [-0.1, -0.05) is 36.4 Å². The smallest absolute Gasteiger partial charge is 0.120 e. The van der Waals surface area contributed by atoms with Crippen LogP contribution in [-0.4, -0.2) is 29.6 Å². The SMILES string of the molecule is Sc1cccc(OCc2ccccc2)c1.[Na]. The van der Waals surface area contributed by atoms with Gasteiger partial charge in [-0.15, -0.1) is 12.6 Å². The third kappa shape index (κ3) is 4.22. The summed E-state index contributed by atoms with van der Waals surface area (Å²) in [4.78, 5) is 0.917. The fourth-order valence-corrected chi connectivity index (χ4v) is 1.53. The standard InChI is InChI=1S/C13H12OS.Na/c15-13-8-4-7-12(9-13)14-10-11-5-2-1-3-6-11;/h1-9,15H,10H2;. The van der Waals surface area contributed by atoms with E-state index in [0.717, 1.165) is 10.6 Å². The summed E-state index contributed by atoms with van der Waals surface area (Å²) in [6.45, 7) is 0.595. The molecule has 0 saturated carbocycles. The molecule has 0 unspecified atom stereocenters. The summed E-state index contributed by atoms with van der Waals surface area (Å²) in [5.41, 5.74) is 1.17. The van der Waals surface area contributed by atoms with E-state index in [-0.39, 0.29) is 29.6 Å². The maximum Gasteiger partial charge on any atom is 0.120 e. The molecular formula is C13H12NaOS. The molecule has 1 radical (unpaired) electrons. The van der Waals surface area contributed by atoms with Gasteiger partial charge in [0.15, 0.2) is 0 Å². The van der Waals surface area contributed by atoms with E-state index in [2.05, 4.69) is 12.6 Å². The van der Waals surface area contributed by atoms with E-state index in [1.165, 1.54) is 5.56 Å². The van der Waals surface area contributed by atoms with Crippen LogP contribution in [-0.2, 0) is 6.61 Å². The van der Waals surface area contributed by atoms with Crippen molar-refractivity contribution >= 4 is 42.2 Å². The van der Waals surface area contributed by atoms with Crippen LogP contribution in [0, 0.1) is 0 Å². The quantitative estimate of drug-likeness (QED) is 0.639. The van der Waals surface area contributed by atoms with E-state index in [1.807, 2.05) is 54.6 Å². The molecule has 0 aliphatic rings. The Morgan fingerprint density at radius 1 is 0.938 bits per heavy atom. The number of ether oxygens (including phenoxy) is 1. The van der Waals surface area contributed by atoms with Crippen molar-refractivity contribution in [3.8, 4) is 5.75 Å². The van der Waals surface area contributed by atoms with Crippen LogP contribution in [0.5, 0.6) is 5.75 Å². The van der Waals surface area contributed by atoms with Gasteiger partial charge in [-0.05, 0) is 23.8 Å². The maximum atomic E-state index is 5.62. The molecular weight excluding hydrogens is 227 g/mol. The van der Waals surface area contributed by atoms with Crippen molar-refractivity contribution in [1.29, 1.82) is 0 Å². The molecule has 0 saturated heterocycles. The van der Waals surface area contributed by atoms with Gasteiger partial charge in [0.25, 0.3) is 0 Å². The third-order valence-electron chi connectivity index (χ3n) is 2.07. The first-order valence-corrected chi connectivity index (χ1v) is 5.25. The molecule has 0 N–H and O–H groups in total. The van der Waals surface area contributed by atoms with Crippen molar-refractivity contribution in [2.24, 2.45) is 0 Å². The molecule has 0 aliphatic carbocycles. The molecule has 0 bridgehead atoms. The molecule has 2 aromatic carbocycles. The van der Waals surface area contributed by atoms with Gasteiger partial charge < -0.3 is 4.74 Å². The summed E-state index contributed by atoms with van der Waals surface area (Å²) < 4.78 is 5.62. The molecule has 0 atom stereocenters. The Kier molecular flexibility index (Phi) is 5.99. The zero-order valence-corrected chi connectivity index (χ0v) is 12.2. The Hall–Kier alpha value is -0.410. The van der Waals surface area contributed by atoms with Crippen LogP contribution in [0.3, 0.4) is 0 Å². The number of hydrogen-bond acceptors (Lipinski definition) is 2. The summed E-state index contributed by atoms with van der Waals surface area (Å²) >= 11 is 4.25. The predicted molar refractivity (Wildman–Crippen MR) is 70.2 cm³/mol. The van der Waals surface area contributed by atoms with Gasteiger partial charge in [-0.25, -0.2) is 0 Å². The zero-order valence-electron chi connectivity index (χ0n) is 9.26. The topological polar surface area (TPSA) is 9.23 Å². The Morgan fingerprint density at radius 2 is 1.69 bits per heavy atom. The molecule has 0 fully saturated rings. The van der Waals surface area contributed by atoms with Crippen molar-refractivity contribution in [2.45, 2.75) is 11.5 Å². The van der Waals surface area contributed by atoms with Crippen LogP contribution in [0.4, 0.5) is 0 Å². The molecule has 0 spiro atoms. The molecule has 0 aromatic heterocycles. The van der Waals surface area contributed by atoms with Crippen molar-refractivity contribution in [3.63, 3.8) is 0 Å². The first-order chi connectivity index (χ1) is 7.34. The van der Waals surface area contributed by atoms with E-state index >= 15 is 0 Å². The second-order valence-electron chi connectivity index (χ2n) is 3.27. The predicted octanol–water partition coefficient (Wildman–Crippen LogP) is 3.17. The minimum Gasteiger partial charge on any atom is -0.489 e. The monoisotopic (exact) mass is 239 g/mol. The molecule has 3 heteroatoms. The fraction of sp³-hybridized carbons (Fsp3) is 0.0769. The van der Waals surface area contributed by atoms with Crippen LogP contribution < -0.4 is 4.74 Å². The number of rotatable bonds is 3. The molecule has 77 valence electrons. The minimum absolute atomic E-state index is 0. The molecule has 2 aromatic rings. The van der Waals surface area contributed by atoms with Crippen LogP contribution in [0.25, 0.3) is 0 Å². The minimum atomic E-state index is 0. The number of hydrogen-bond donors (Lipinski definition) is 1. The van der Waals surface area contributed by atoms with E-state index in [9.17, 15) is 0 Å². The molecule has 16 heavy (non-hydrogen) atoms. The maximum absolute atomic E-state index is 5.62. The summed E-state index contributed by atoms with van der Waals surface area (Å²) in [6.07, 6.45) is 0. The van der Waals surface area contributed by atoms with Crippen molar-refractivity contribution < 1.29 is 4.74 Å². The van der Waals surface area contributed by atoms with Gasteiger partial charge >= 0.3 is 0 Å². The Balaban J connectivity index is 0.00000128. The van der Waals surface area contributed by atoms with Crippen LogP contribution in [0.15, 0.2) is 59.5 Å². The Bertz CT molecular complexity index is 431. The van der Waals surface area contributed by atoms with E-state index in [4.69, 9.17) is 4.74 Å². The largest absolute Gasteiger partial charge is 0.489 e. The van der Waals surface area contributed by atoms with Crippen LogP contribution in [0.2, 0.25) is 0 Å². The molecule has 1 nitrogen and oxygen atoms in total. The number of thiol groups is 1. The first-order valence-electron chi connectivity index (χ1n) is 4.80. The van der Waals surface area contributed by atoms with Gasteiger partial charge in [0, 0.05) is 34.5 Å². The molecule has 0 heterocycles. The summed E-state index contributed by atoms with van der Waals surface area (Å²) in [5, 5.41) is 0. The van der Waals surface area contributed by atoms with E-state index < -0.39 is 0 Å². The van der Waals surface area contributed by atoms with Gasteiger partial charge in [0.1, 0.15) is 12.4 Å². The molecule has 0 aliphatic heterocycles. The van der Waals surface area contributed by atoms with Gasteiger partial charge in [-0.2, -0.15) is 0 Å². The Labute approximate surface area is 124 Å². The van der Waals surface area contributed by atoms with Crippen molar-refractivity contribution in [2.75, 3.05) is 0 Å². The van der Waals surface area contributed by atoms with Crippen LogP contribution >= 0.6 is 12.6 Å². The zero-order chi connectivity index (χ0) is 10.5. The second kappa shape index (κ2) is 7.02. The van der Waals surface area contributed by atoms with Crippen molar-refractivity contribution in [3.05, 3.63) is 60.2 Å². The number of benzene rings is 2. The summed E-state index contributed by atoms with van der Waals surface area (Å²) in [6, 6.07) is 17.8. The van der Waals surface area contributed by atoms with Gasteiger partial charge in [-0.3, -0.25) is 0 Å². The second-order valence-corrected chi connectivity index (χ2v) is 3.79. The molecule has 2 rings (SSSR count). The summed E-state index contributed by atoms with van der Waals surface area (Å²) in [7, 11) is 0. The van der Waals surface area contributed by atoms with Gasteiger partial charge in [0.05, 0.1) is 0 Å². The summed E-state index contributed by atoms with van der Waals surface area (Å²) in [5.74, 6) is 0.853. The first kappa shape index (κ1) is 13.7.